The Hall–Kier alpha value is -3.32. The lowest BCUT2D eigenvalue weighted by Crippen LogP contribution is -2.34. The van der Waals surface area contributed by atoms with Crippen molar-refractivity contribution in [2.75, 3.05) is 13.2 Å². The number of carbonyl (C=O) groups excluding carboxylic acids is 3. The summed E-state index contributed by atoms with van der Waals surface area (Å²) in [6, 6.07) is 16.4. The van der Waals surface area contributed by atoms with Gasteiger partial charge < -0.3 is 9.30 Å². The van der Waals surface area contributed by atoms with E-state index >= 15 is 0 Å². The second-order valence-electron chi connectivity index (χ2n) is 7.23. The quantitative estimate of drug-likeness (QED) is 0.424. The molecule has 3 aromatic rings. The molecule has 2 aromatic carbocycles. The molecule has 1 fully saturated rings. The Morgan fingerprint density at radius 3 is 2.61 bits per heavy atom. The van der Waals surface area contributed by atoms with Crippen molar-refractivity contribution in [3.05, 3.63) is 70.4 Å². The average molecular weight is 435 g/mol. The number of carbonyl (C=O) groups is 3. The number of aryl methyl sites for hydroxylation is 1. The van der Waals surface area contributed by atoms with Crippen molar-refractivity contribution in [1.29, 1.82) is 0 Å². The average Bonchev–Trinajstić information content (AvgIpc) is 3.17. The standard InChI is InChI=1S/C24H22N2O4S/c1-4-30-22(27)14-25-23(28)21(31-24(25)29)13-18-12-15(2)26(16(18)3)20-11-7-9-17-8-5-6-10-19(17)20/h5-13H,4,14H2,1-3H3. The van der Waals surface area contributed by atoms with E-state index in [4.69, 9.17) is 4.74 Å². The number of nitrogens with zero attached hydrogens (tertiary/aromatic N) is 2. The zero-order chi connectivity index (χ0) is 22.1. The molecule has 2 amide bonds. The van der Waals surface area contributed by atoms with Crippen LogP contribution in [-0.2, 0) is 14.3 Å². The second kappa shape index (κ2) is 8.43. The lowest BCUT2D eigenvalue weighted by Gasteiger charge is -2.13. The Morgan fingerprint density at radius 2 is 1.84 bits per heavy atom. The van der Waals surface area contributed by atoms with E-state index in [1.54, 1.807) is 13.0 Å². The zero-order valence-electron chi connectivity index (χ0n) is 17.5. The van der Waals surface area contributed by atoms with Gasteiger partial charge in [0.05, 0.1) is 17.2 Å². The molecule has 6 nitrogen and oxygen atoms in total. The Labute approximate surface area is 184 Å². The van der Waals surface area contributed by atoms with Crippen molar-refractivity contribution in [1.82, 2.24) is 9.47 Å². The normalized spacial score (nSPS) is 15.3. The first-order valence-electron chi connectivity index (χ1n) is 9.98. The molecule has 1 aliphatic heterocycles. The molecule has 0 N–H and O–H groups in total. The Kier molecular flexibility index (Phi) is 5.69. The van der Waals surface area contributed by atoms with Crippen LogP contribution in [0.2, 0.25) is 0 Å². The second-order valence-corrected chi connectivity index (χ2v) is 8.23. The van der Waals surface area contributed by atoms with E-state index in [0.29, 0.717) is 4.91 Å². The minimum absolute atomic E-state index is 0.199. The van der Waals surface area contributed by atoms with Crippen molar-refractivity contribution in [3.63, 3.8) is 0 Å². The highest BCUT2D eigenvalue weighted by atomic mass is 32.2. The van der Waals surface area contributed by atoms with Crippen LogP contribution in [0.5, 0.6) is 0 Å². The molecular formula is C24H22N2O4S. The fourth-order valence-corrected chi connectivity index (χ4v) is 4.65. The number of hydrogen-bond acceptors (Lipinski definition) is 5. The number of esters is 1. The first-order chi connectivity index (χ1) is 14.9. The zero-order valence-corrected chi connectivity index (χ0v) is 18.4. The third kappa shape index (κ3) is 3.88. The predicted molar refractivity (Wildman–Crippen MR) is 122 cm³/mol. The number of aromatic nitrogens is 1. The summed E-state index contributed by atoms with van der Waals surface area (Å²) in [5, 5.41) is 1.81. The molecule has 1 saturated heterocycles. The maximum Gasteiger partial charge on any atom is 0.326 e. The van der Waals surface area contributed by atoms with Gasteiger partial charge in [-0.3, -0.25) is 19.3 Å². The number of rotatable bonds is 5. The van der Waals surface area contributed by atoms with E-state index in [9.17, 15) is 14.4 Å². The first kappa shape index (κ1) is 20.9. The highest BCUT2D eigenvalue weighted by Gasteiger charge is 2.36. The number of fused-ring (bicyclic) bond motifs is 1. The van der Waals surface area contributed by atoms with Crippen molar-refractivity contribution in [3.8, 4) is 5.69 Å². The van der Waals surface area contributed by atoms with Crippen LogP contribution in [0.3, 0.4) is 0 Å². The molecule has 0 atom stereocenters. The summed E-state index contributed by atoms with van der Waals surface area (Å²) in [6.07, 6.45) is 1.72. The molecule has 0 aliphatic carbocycles. The minimum atomic E-state index is -0.597. The van der Waals surface area contributed by atoms with Crippen molar-refractivity contribution < 1.29 is 19.1 Å². The van der Waals surface area contributed by atoms with E-state index in [1.165, 1.54) is 0 Å². The van der Waals surface area contributed by atoms with Crippen LogP contribution < -0.4 is 0 Å². The summed E-state index contributed by atoms with van der Waals surface area (Å²) in [4.78, 5) is 37.9. The van der Waals surface area contributed by atoms with Crippen LogP contribution in [0.4, 0.5) is 4.79 Å². The maximum absolute atomic E-state index is 12.7. The fraction of sp³-hybridized carbons (Fsp3) is 0.208. The summed E-state index contributed by atoms with van der Waals surface area (Å²) in [5.74, 6) is -1.07. The van der Waals surface area contributed by atoms with Crippen molar-refractivity contribution in [2.24, 2.45) is 0 Å². The molecule has 158 valence electrons. The molecule has 0 radical (unpaired) electrons. The summed E-state index contributed by atoms with van der Waals surface area (Å²) >= 11 is 0.840. The summed E-state index contributed by atoms with van der Waals surface area (Å²) in [5.41, 5.74) is 3.90. The number of amides is 2. The number of thioether (sulfide) groups is 1. The number of hydrogen-bond donors (Lipinski definition) is 0. The van der Waals surface area contributed by atoms with Crippen molar-refractivity contribution >= 4 is 45.7 Å². The largest absolute Gasteiger partial charge is 0.465 e. The van der Waals surface area contributed by atoms with Crippen LogP contribution in [0.15, 0.2) is 53.4 Å². The van der Waals surface area contributed by atoms with Gasteiger partial charge in [0, 0.05) is 16.8 Å². The number of imide groups is 1. The van der Waals surface area contributed by atoms with Gasteiger partial charge in [-0.25, -0.2) is 0 Å². The van der Waals surface area contributed by atoms with Gasteiger partial charge in [-0.05, 0) is 61.7 Å². The van der Waals surface area contributed by atoms with Gasteiger partial charge in [-0.1, -0.05) is 36.4 Å². The molecule has 1 aliphatic rings. The van der Waals surface area contributed by atoms with E-state index in [1.807, 2.05) is 38.1 Å². The van der Waals surface area contributed by atoms with E-state index < -0.39 is 17.1 Å². The van der Waals surface area contributed by atoms with Gasteiger partial charge in [-0.2, -0.15) is 0 Å². The molecule has 0 unspecified atom stereocenters. The fourth-order valence-electron chi connectivity index (χ4n) is 3.82. The summed E-state index contributed by atoms with van der Waals surface area (Å²) in [6.45, 7) is 5.51. The maximum atomic E-state index is 12.7. The Balaban J connectivity index is 1.70. The van der Waals surface area contributed by atoms with Gasteiger partial charge >= 0.3 is 5.97 Å². The van der Waals surface area contributed by atoms with Crippen molar-refractivity contribution in [2.45, 2.75) is 20.8 Å². The van der Waals surface area contributed by atoms with Gasteiger partial charge in [0.25, 0.3) is 11.1 Å². The highest BCUT2D eigenvalue weighted by Crippen LogP contribution is 2.34. The van der Waals surface area contributed by atoms with Gasteiger partial charge in [-0.15, -0.1) is 0 Å². The van der Waals surface area contributed by atoms with Crippen LogP contribution in [0, 0.1) is 13.8 Å². The SMILES string of the molecule is CCOC(=O)CN1C(=O)SC(=Cc2cc(C)n(-c3cccc4ccccc34)c2C)C1=O. The lowest BCUT2D eigenvalue weighted by molar-refractivity contribution is -0.145. The number of ether oxygens (including phenoxy) is 1. The van der Waals surface area contributed by atoms with E-state index in [0.717, 1.165) is 50.1 Å². The van der Waals surface area contributed by atoms with Crippen LogP contribution in [0.1, 0.15) is 23.9 Å². The van der Waals surface area contributed by atoms with Crippen LogP contribution in [-0.4, -0.2) is 39.7 Å². The van der Waals surface area contributed by atoms with E-state index in [2.05, 4.69) is 28.8 Å². The molecule has 4 rings (SSSR count). The smallest absolute Gasteiger partial charge is 0.326 e. The van der Waals surface area contributed by atoms with Crippen LogP contribution in [0.25, 0.3) is 22.5 Å². The van der Waals surface area contributed by atoms with E-state index in [-0.39, 0.29) is 13.2 Å². The number of benzene rings is 2. The molecule has 0 bridgehead atoms. The summed E-state index contributed by atoms with van der Waals surface area (Å²) in [7, 11) is 0. The molecule has 1 aromatic heterocycles. The van der Waals surface area contributed by atoms with Crippen LogP contribution >= 0.6 is 11.8 Å². The molecule has 31 heavy (non-hydrogen) atoms. The topological polar surface area (TPSA) is 68.6 Å². The lowest BCUT2D eigenvalue weighted by atomic mass is 10.1. The molecule has 7 heteroatoms. The first-order valence-corrected chi connectivity index (χ1v) is 10.8. The third-order valence-corrected chi connectivity index (χ3v) is 6.14. The Morgan fingerprint density at radius 1 is 1.10 bits per heavy atom. The summed E-state index contributed by atoms with van der Waals surface area (Å²) < 4.78 is 7.01. The molecule has 0 saturated carbocycles. The molecule has 2 heterocycles. The predicted octanol–water partition coefficient (Wildman–Crippen LogP) is 4.85. The van der Waals surface area contributed by atoms with Gasteiger partial charge in [0.2, 0.25) is 0 Å². The van der Waals surface area contributed by atoms with Gasteiger partial charge in [0.1, 0.15) is 6.54 Å². The minimum Gasteiger partial charge on any atom is -0.465 e. The van der Waals surface area contributed by atoms with Gasteiger partial charge in [0.15, 0.2) is 0 Å². The molecular weight excluding hydrogens is 412 g/mol. The highest BCUT2D eigenvalue weighted by molar-refractivity contribution is 8.18. The third-order valence-electron chi connectivity index (χ3n) is 5.23. The Bertz CT molecular complexity index is 1240. The monoisotopic (exact) mass is 434 g/mol. The molecule has 0 spiro atoms.